The minimum absolute atomic E-state index is 0.00635. The highest BCUT2D eigenvalue weighted by Gasteiger charge is 2.26. The van der Waals surface area contributed by atoms with E-state index < -0.39 is 10.9 Å². The van der Waals surface area contributed by atoms with Crippen molar-refractivity contribution in [1.82, 2.24) is 5.16 Å². The molecule has 3 aromatic rings. The van der Waals surface area contributed by atoms with E-state index in [2.05, 4.69) is 5.16 Å². The average Bonchev–Trinajstić information content (AvgIpc) is 3.12. The van der Waals surface area contributed by atoms with Crippen molar-refractivity contribution in [2.75, 3.05) is 6.61 Å². The first-order valence-corrected chi connectivity index (χ1v) is 8.67. The summed E-state index contributed by atoms with van der Waals surface area (Å²) in [5.41, 5.74) is 1.27. The summed E-state index contributed by atoms with van der Waals surface area (Å²) < 4.78 is 15.9. The van der Waals surface area contributed by atoms with E-state index in [1.807, 2.05) is 6.07 Å². The highest BCUT2D eigenvalue weighted by molar-refractivity contribution is 6.32. The van der Waals surface area contributed by atoms with Crippen LogP contribution in [0.15, 0.2) is 53.1 Å². The Labute approximate surface area is 164 Å². The summed E-state index contributed by atoms with van der Waals surface area (Å²) in [6, 6.07) is 13.3. The lowest BCUT2D eigenvalue weighted by Crippen LogP contribution is -2.06. The first kappa shape index (κ1) is 19.4. The second kappa shape index (κ2) is 8.53. The van der Waals surface area contributed by atoms with Gasteiger partial charge in [-0.3, -0.25) is 10.1 Å². The van der Waals surface area contributed by atoms with Crippen molar-refractivity contribution in [3.63, 3.8) is 0 Å². The predicted octanol–water partition coefficient (Wildman–Crippen LogP) is 4.66. The number of carbonyl (C=O) groups is 1. The molecule has 0 unspecified atom stereocenters. The normalized spacial score (nSPS) is 10.5. The van der Waals surface area contributed by atoms with Crippen LogP contribution < -0.4 is 4.74 Å². The zero-order valence-electron chi connectivity index (χ0n) is 14.8. The zero-order chi connectivity index (χ0) is 20.1. The number of esters is 1. The van der Waals surface area contributed by atoms with Crippen LogP contribution in [0.2, 0.25) is 5.02 Å². The minimum Gasteiger partial charge on any atom is -0.461 e. The third-order valence-corrected chi connectivity index (χ3v) is 4.09. The third kappa shape index (κ3) is 4.12. The summed E-state index contributed by atoms with van der Waals surface area (Å²) in [6.45, 7) is 1.82. The SMILES string of the molecule is CCOC(=O)c1noc(OCc2ccc(Cl)c([N+](=O)[O-])c2)c1-c1ccccc1. The number of benzene rings is 2. The molecular weight excluding hydrogens is 388 g/mol. The van der Waals surface area contributed by atoms with Gasteiger partial charge in [0.25, 0.3) is 5.69 Å². The quantitative estimate of drug-likeness (QED) is 0.321. The first-order valence-electron chi connectivity index (χ1n) is 8.29. The molecular formula is C19H15ClN2O6. The highest BCUT2D eigenvalue weighted by atomic mass is 35.5. The van der Waals surface area contributed by atoms with E-state index >= 15 is 0 Å². The fourth-order valence-electron chi connectivity index (χ4n) is 2.51. The molecule has 0 N–H and O–H groups in total. The molecule has 144 valence electrons. The van der Waals surface area contributed by atoms with E-state index in [-0.39, 0.29) is 35.6 Å². The van der Waals surface area contributed by atoms with Crippen LogP contribution in [0.4, 0.5) is 5.69 Å². The molecule has 0 aliphatic carbocycles. The van der Waals surface area contributed by atoms with Crippen LogP contribution in [-0.4, -0.2) is 22.7 Å². The van der Waals surface area contributed by atoms with Gasteiger partial charge in [0.1, 0.15) is 17.2 Å². The molecule has 2 aromatic carbocycles. The highest BCUT2D eigenvalue weighted by Crippen LogP contribution is 2.35. The molecule has 0 bridgehead atoms. The van der Waals surface area contributed by atoms with Gasteiger partial charge in [0, 0.05) is 6.07 Å². The summed E-state index contributed by atoms with van der Waals surface area (Å²) >= 11 is 5.82. The van der Waals surface area contributed by atoms with E-state index in [4.69, 9.17) is 25.6 Å². The number of carbonyl (C=O) groups excluding carboxylic acids is 1. The summed E-state index contributed by atoms with van der Waals surface area (Å²) in [7, 11) is 0. The van der Waals surface area contributed by atoms with Crippen molar-refractivity contribution < 1.29 is 23.7 Å². The predicted molar refractivity (Wildman–Crippen MR) is 100 cm³/mol. The van der Waals surface area contributed by atoms with Gasteiger partial charge in [-0.1, -0.05) is 53.2 Å². The molecule has 1 heterocycles. The van der Waals surface area contributed by atoms with Gasteiger partial charge in [0.05, 0.1) is 11.5 Å². The maximum Gasteiger partial charge on any atom is 0.361 e. The molecule has 3 rings (SSSR count). The second-order valence-corrected chi connectivity index (χ2v) is 6.02. The van der Waals surface area contributed by atoms with Crippen molar-refractivity contribution in [3.05, 3.63) is 74.9 Å². The molecule has 0 aliphatic heterocycles. The molecule has 0 spiro atoms. The van der Waals surface area contributed by atoms with Crippen LogP contribution in [0.5, 0.6) is 5.95 Å². The largest absolute Gasteiger partial charge is 0.461 e. The number of hydrogen-bond donors (Lipinski definition) is 0. The Balaban J connectivity index is 1.91. The Morgan fingerprint density at radius 2 is 2.00 bits per heavy atom. The molecule has 0 fully saturated rings. The molecule has 0 aliphatic rings. The minimum atomic E-state index is -0.637. The van der Waals surface area contributed by atoms with Crippen molar-refractivity contribution in [2.24, 2.45) is 0 Å². The molecule has 0 atom stereocenters. The molecule has 0 amide bonds. The van der Waals surface area contributed by atoms with Gasteiger partial charge in [0.2, 0.25) is 5.69 Å². The van der Waals surface area contributed by atoms with Gasteiger partial charge >= 0.3 is 11.9 Å². The van der Waals surface area contributed by atoms with Crippen molar-refractivity contribution in [2.45, 2.75) is 13.5 Å². The molecule has 1 aromatic heterocycles. The van der Waals surface area contributed by atoms with Crippen LogP contribution in [0.1, 0.15) is 23.0 Å². The number of rotatable bonds is 7. The van der Waals surface area contributed by atoms with Crippen LogP contribution in [0, 0.1) is 10.1 Å². The van der Waals surface area contributed by atoms with Gasteiger partial charge in [-0.2, -0.15) is 0 Å². The third-order valence-electron chi connectivity index (χ3n) is 3.77. The standard InChI is InChI=1S/C19H15ClN2O6/c1-2-26-18(23)17-16(13-6-4-3-5-7-13)19(28-21-17)27-11-12-8-9-14(20)15(10-12)22(24)25/h3-10H,2,11H2,1H3. The summed E-state index contributed by atoms with van der Waals surface area (Å²) in [5.74, 6) is -0.631. The fourth-order valence-corrected chi connectivity index (χ4v) is 2.70. The van der Waals surface area contributed by atoms with Crippen molar-refractivity contribution >= 4 is 23.3 Å². The van der Waals surface area contributed by atoms with Crippen molar-refractivity contribution in [3.8, 4) is 17.1 Å². The maximum absolute atomic E-state index is 12.2. The Bertz CT molecular complexity index is 1000. The van der Waals surface area contributed by atoms with E-state index in [0.29, 0.717) is 16.7 Å². The Morgan fingerprint density at radius 1 is 1.25 bits per heavy atom. The second-order valence-electron chi connectivity index (χ2n) is 5.61. The Hall–Kier alpha value is -3.39. The number of ether oxygens (including phenoxy) is 2. The van der Waals surface area contributed by atoms with Crippen LogP contribution in [0.25, 0.3) is 11.1 Å². The van der Waals surface area contributed by atoms with Gasteiger partial charge in [-0.25, -0.2) is 4.79 Å². The molecule has 0 radical (unpaired) electrons. The van der Waals surface area contributed by atoms with Gasteiger partial charge in [-0.05, 0) is 24.1 Å². The number of aromatic nitrogens is 1. The molecule has 8 nitrogen and oxygen atoms in total. The molecule has 28 heavy (non-hydrogen) atoms. The topological polar surface area (TPSA) is 105 Å². The van der Waals surface area contributed by atoms with E-state index in [0.717, 1.165) is 0 Å². The lowest BCUT2D eigenvalue weighted by molar-refractivity contribution is -0.384. The number of hydrogen-bond acceptors (Lipinski definition) is 7. The van der Waals surface area contributed by atoms with E-state index in [9.17, 15) is 14.9 Å². The van der Waals surface area contributed by atoms with Crippen molar-refractivity contribution in [1.29, 1.82) is 0 Å². The van der Waals surface area contributed by atoms with Crippen LogP contribution in [0.3, 0.4) is 0 Å². The molecule has 0 saturated heterocycles. The van der Waals surface area contributed by atoms with Gasteiger partial charge in [-0.15, -0.1) is 0 Å². The number of nitrogens with zero attached hydrogens (tertiary/aromatic N) is 2. The lowest BCUT2D eigenvalue weighted by Gasteiger charge is -2.07. The van der Waals surface area contributed by atoms with Crippen LogP contribution in [-0.2, 0) is 11.3 Å². The number of nitro groups is 1. The smallest absolute Gasteiger partial charge is 0.361 e. The monoisotopic (exact) mass is 402 g/mol. The van der Waals surface area contributed by atoms with Gasteiger partial charge in [0.15, 0.2) is 0 Å². The average molecular weight is 403 g/mol. The molecule has 0 saturated carbocycles. The molecule has 9 heteroatoms. The van der Waals surface area contributed by atoms with Crippen LogP contribution >= 0.6 is 11.6 Å². The number of halogens is 1. The lowest BCUT2D eigenvalue weighted by atomic mass is 10.1. The Morgan fingerprint density at radius 3 is 2.68 bits per heavy atom. The fraction of sp³-hybridized carbons (Fsp3) is 0.158. The zero-order valence-corrected chi connectivity index (χ0v) is 15.5. The summed E-state index contributed by atoms with van der Waals surface area (Å²) in [5, 5.41) is 14.8. The number of nitro benzene ring substituents is 1. The Kier molecular flexibility index (Phi) is 5.90. The van der Waals surface area contributed by atoms with Gasteiger partial charge < -0.3 is 14.0 Å². The maximum atomic E-state index is 12.2. The summed E-state index contributed by atoms with van der Waals surface area (Å²) in [4.78, 5) is 22.6. The van der Waals surface area contributed by atoms with E-state index in [1.54, 1.807) is 37.3 Å². The first-order chi connectivity index (χ1) is 13.5. The summed E-state index contributed by atoms with van der Waals surface area (Å²) in [6.07, 6.45) is 0. The van der Waals surface area contributed by atoms with E-state index in [1.165, 1.54) is 12.1 Å².